The number of urea groups is 1. The van der Waals surface area contributed by atoms with Crippen LogP contribution in [0.1, 0.15) is 45.2 Å². The minimum absolute atomic E-state index is 0.232. The molecule has 0 radical (unpaired) electrons. The van der Waals surface area contributed by atoms with E-state index < -0.39 is 11.6 Å². The average molecular weight is 367 g/mol. The molecule has 1 aliphatic rings. The summed E-state index contributed by atoms with van der Waals surface area (Å²) >= 11 is 0. The summed E-state index contributed by atoms with van der Waals surface area (Å²) in [7, 11) is 0. The fraction of sp³-hybridized carbons (Fsp3) is 0.381. The molecule has 0 saturated carbocycles. The Bertz CT molecular complexity index is 889. The van der Waals surface area contributed by atoms with Crippen molar-refractivity contribution in [2.45, 2.75) is 45.2 Å². The molecule has 0 spiro atoms. The molecule has 6 nitrogen and oxygen atoms in total. The van der Waals surface area contributed by atoms with Crippen LogP contribution in [0, 0.1) is 0 Å². The van der Waals surface area contributed by atoms with Gasteiger partial charge in [-0.1, -0.05) is 50.2 Å². The quantitative estimate of drug-likeness (QED) is 0.770. The lowest BCUT2D eigenvalue weighted by Gasteiger charge is -2.23. The largest absolute Gasteiger partial charge is 0.348 e. The molecule has 1 heterocycles. The monoisotopic (exact) mass is 367 g/mol. The topological polar surface area (TPSA) is 78.5 Å². The maximum atomic E-state index is 12.6. The fourth-order valence-electron chi connectivity index (χ4n) is 3.54. The summed E-state index contributed by atoms with van der Waals surface area (Å²) in [6.07, 6.45) is 0.999. The van der Waals surface area contributed by atoms with Gasteiger partial charge in [-0.3, -0.25) is 14.5 Å². The summed E-state index contributed by atoms with van der Waals surface area (Å²) in [6, 6.07) is 13.3. The van der Waals surface area contributed by atoms with Crippen molar-refractivity contribution in [1.82, 2.24) is 15.5 Å². The third kappa shape index (κ3) is 3.52. The molecule has 27 heavy (non-hydrogen) atoms. The van der Waals surface area contributed by atoms with Crippen LogP contribution in [-0.2, 0) is 9.59 Å². The molecule has 2 aromatic rings. The summed E-state index contributed by atoms with van der Waals surface area (Å²) in [4.78, 5) is 38.2. The van der Waals surface area contributed by atoms with Gasteiger partial charge in [-0.2, -0.15) is 0 Å². The van der Waals surface area contributed by atoms with E-state index in [1.54, 1.807) is 0 Å². The first-order valence-corrected chi connectivity index (χ1v) is 9.32. The van der Waals surface area contributed by atoms with Gasteiger partial charge in [-0.05, 0) is 42.2 Å². The molecular formula is C21H25N3O3. The van der Waals surface area contributed by atoms with Crippen LogP contribution in [0.2, 0.25) is 0 Å². The van der Waals surface area contributed by atoms with Gasteiger partial charge in [0, 0.05) is 0 Å². The first-order valence-electron chi connectivity index (χ1n) is 9.32. The number of fused-ring (bicyclic) bond motifs is 1. The van der Waals surface area contributed by atoms with Crippen LogP contribution in [0.3, 0.4) is 0 Å². The SMILES string of the molecule is CCC1(CC)NC(=O)N(CC(=O)N[C@H](C)c2ccc3ccccc3c2)C1=O. The Hall–Kier alpha value is -2.89. The maximum absolute atomic E-state index is 12.6. The minimum atomic E-state index is -0.888. The van der Waals surface area contributed by atoms with E-state index in [0.29, 0.717) is 12.8 Å². The van der Waals surface area contributed by atoms with Crippen molar-refractivity contribution in [3.8, 4) is 0 Å². The highest BCUT2D eigenvalue weighted by Crippen LogP contribution is 2.25. The number of imide groups is 1. The molecule has 2 N–H and O–H groups in total. The highest BCUT2D eigenvalue weighted by Gasteiger charge is 2.49. The van der Waals surface area contributed by atoms with Crippen LogP contribution in [0.15, 0.2) is 42.5 Å². The van der Waals surface area contributed by atoms with Crippen molar-refractivity contribution in [3.05, 3.63) is 48.0 Å². The summed E-state index contributed by atoms with van der Waals surface area (Å²) in [5, 5.41) is 7.85. The van der Waals surface area contributed by atoms with Gasteiger partial charge in [-0.15, -0.1) is 0 Å². The fourth-order valence-corrected chi connectivity index (χ4v) is 3.54. The Kier molecular flexibility index (Phi) is 5.17. The van der Waals surface area contributed by atoms with E-state index in [-0.39, 0.29) is 24.4 Å². The van der Waals surface area contributed by atoms with E-state index in [4.69, 9.17) is 0 Å². The third-order valence-electron chi connectivity index (χ3n) is 5.41. The number of benzene rings is 2. The van der Waals surface area contributed by atoms with Gasteiger partial charge in [0.05, 0.1) is 6.04 Å². The van der Waals surface area contributed by atoms with E-state index in [1.165, 1.54) is 0 Å². The van der Waals surface area contributed by atoms with E-state index in [1.807, 2.05) is 63.2 Å². The summed E-state index contributed by atoms with van der Waals surface area (Å²) < 4.78 is 0. The lowest BCUT2D eigenvalue weighted by molar-refractivity contribution is -0.135. The normalized spacial score (nSPS) is 17.1. The van der Waals surface area contributed by atoms with Crippen molar-refractivity contribution >= 4 is 28.6 Å². The Morgan fingerprint density at radius 3 is 2.41 bits per heavy atom. The molecule has 0 unspecified atom stereocenters. The molecule has 4 amide bonds. The van der Waals surface area contributed by atoms with Gasteiger partial charge in [0.25, 0.3) is 5.91 Å². The molecule has 1 aliphatic heterocycles. The van der Waals surface area contributed by atoms with Gasteiger partial charge in [-0.25, -0.2) is 4.79 Å². The Balaban J connectivity index is 1.68. The predicted molar refractivity (Wildman–Crippen MR) is 104 cm³/mol. The number of amides is 4. The lowest BCUT2D eigenvalue weighted by atomic mass is 9.93. The molecule has 2 aromatic carbocycles. The van der Waals surface area contributed by atoms with E-state index in [9.17, 15) is 14.4 Å². The number of carbonyl (C=O) groups is 3. The van der Waals surface area contributed by atoms with Gasteiger partial charge in [0.2, 0.25) is 5.91 Å². The zero-order valence-electron chi connectivity index (χ0n) is 15.9. The molecule has 142 valence electrons. The average Bonchev–Trinajstić information content (AvgIpc) is 2.92. The van der Waals surface area contributed by atoms with Crippen LogP contribution in [-0.4, -0.2) is 34.8 Å². The maximum Gasteiger partial charge on any atom is 0.325 e. The Morgan fingerprint density at radius 1 is 1.11 bits per heavy atom. The van der Waals surface area contributed by atoms with Crippen molar-refractivity contribution in [2.75, 3.05) is 6.54 Å². The van der Waals surface area contributed by atoms with Crippen LogP contribution in [0.5, 0.6) is 0 Å². The highest BCUT2D eigenvalue weighted by molar-refractivity contribution is 6.09. The van der Waals surface area contributed by atoms with Crippen LogP contribution in [0.4, 0.5) is 4.79 Å². The second-order valence-corrected chi connectivity index (χ2v) is 7.01. The van der Waals surface area contributed by atoms with Crippen LogP contribution in [0.25, 0.3) is 10.8 Å². The van der Waals surface area contributed by atoms with Crippen molar-refractivity contribution < 1.29 is 14.4 Å². The van der Waals surface area contributed by atoms with E-state index >= 15 is 0 Å². The number of hydrogen-bond donors (Lipinski definition) is 2. The molecular weight excluding hydrogens is 342 g/mol. The predicted octanol–water partition coefficient (Wildman–Crippen LogP) is 3.13. The summed E-state index contributed by atoms with van der Waals surface area (Å²) in [5.74, 6) is -0.687. The molecule has 0 aromatic heterocycles. The zero-order chi connectivity index (χ0) is 19.6. The second kappa shape index (κ2) is 7.39. The van der Waals surface area contributed by atoms with Crippen molar-refractivity contribution in [1.29, 1.82) is 0 Å². The first kappa shape index (κ1) is 18.9. The van der Waals surface area contributed by atoms with Crippen LogP contribution >= 0.6 is 0 Å². The number of nitrogens with zero attached hydrogens (tertiary/aromatic N) is 1. The van der Waals surface area contributed by atoms with Crippen LogP contribution < -0.4 is 10.6 Å². The van der Waals surface area contributed by atoms with E-state index in [2.05, 4.69) is 10.6 Å². The van der Waals surface area contributed by atoms with Crippen molar-refractivity contribution in [3.63, 3.8) is 0 Å². The minimum Gasteiger partial charge on any atom is -0.348 e. The summed E-state index contributed by atoms with van der Waals surface area (Å²) in [5.41, 5.74) is 0.0807. The zero-order valence-corrected chi connectivity index (χ0v) is 15.9. The molecule has 1 fully saturated rings. The lowest BCUT2D eigenvalue weighted by Crippen LogP contribution is -2.46. The van der Waals surface area contributed by atoms with Gasteiger partial charge in [0.1, 0.15) is 12.1 Å². The first-order chi connectivity index (χ1) is 12.9. The number of rotatable bonds is 6. The molecule has 0 bridgehead atoms. The number of hydrogen-bond acceptors (Lipinski definition) is 3. The van der Waals surface area contributed by atoms with Gasteiger partial charge < -0.3 is 10.6 Å². The van der Waals surface area contributed by atoms with Gasteiger partial charge >= 0.3 is 6.03 Å². The summed E-state index contributed by atoms with van der Waals surface area (Å²) in [6.45, 7) is 5.32. The second-order valence-electron chi connectivity index (χ2n) is 7.01. The Morgan fingerprint density at radius 2 is 1.78 bits per heavy atom. The molecule has 0 aliphatic carbocycles. The Labute approximate surface area is 158 Å². The number of carbonyl (C=O) groups excluding carboxylic acids is 3. The number of nitrogens with one attached hydrogen (secondary N) is 2. The van der Waals surface area contributed by atoms with E-state index in [0.717, 1.165) is 21.2 Å². The molecule has 6 heteroatoms. The molecule has 1 atom stereocenters. The molecule has 3 rings (SSSR count). The van der Waals surface area contributed by atoms with Crippen molar-refractivity contribution in [2.24, 2.45) is 0 Å². The molecule has 1 saturated heterocycles. The highest BCUT2D eigenvalue weighted by atomic mass is 16.2. The third-order valence-corrected chi connectivity index (χ3v) is 5.41. The standard InChI is InChI=1S/C21H25N3O3/c1-4-21(5-2)19(26)24(20(27)23-21)13-18(25)22-14(3)16-11-10-15-8-6-7-9-17(15)12-16/h6-12,14H,4-5,13H2,1-3H3,(H,22,25)(H,23,27)/t14-/m1/s1. The smallest absolute Gasteiger partial charge is 0.325 e. The van der Waals surface area contributed by atoms with Gasteiger partial charge in [0.15, 0.2) is 0 Å².